The maximum atomic E-state index is 13.1. The molecule has 1 amide bonds. The third-order valence-corrected chi connectivity index (χ3v) is 14.7. The Bertz CT molecular complexity index is 1340. The van der Waals surface area contributed by atoms with Crippen molar-refractivity contribution in [2.24, 2.45) is 0 Å². The predicted octanol–water partition coefficient (Wildman–Crippen LogP) is 3.65. The molecule has 3 saturated heterocycles. The molecule has 3 heterocycles. The van der Waals surface area contributed by atoms with Crippen LogP contribution in [0, 0.1) is 0 Å². The monoisotopic (exact) mass is 1040 g/mol. The van der Waals surface area contributed by atoms with Crippen LogP contribution in [-0.2, 0) is 33.2 Å². The van der Waals surface area contributed by atoms with Gasteiger partial charge in [0.05, 0.1) is 38.6 Å². The van der Waals surface area contributed by atoms with E-state index in [1.54, 1.807) is 0 Å². The summed E-state index contributed by atoms with van der Waals surface area (Å²) in [4.78, 5) is 13.1. The van der Waals surface area contributed by atoms with Gasteiger partial charge in [-0.25, -0.2) is 0 Å². The Kier molecular flexibility index (Phi) is 34.7. The summed E-state index contributed by atoms with van der Waals surface area (Å²) in [6, 6.07) is -0.876. The normalized spacial score (nSPS) is 31.9. The molecule has 17 unspecified atom stereocenters. The van der Waals surface area contributed by atoms with Gasteiger partial charge < -0.3 is 89.9 Å². The number of rotatable bonds is 41. The van der Waals surface area contributed by atoms with Crippen molar-refractivity contribution in [1.82, 2.24) is 5.32 Å². The molecular formula is C53H101NO18. The molecule has 17 atom stereocenters. The van der Waals surface area contributed by atoms with E-state index in [1.165, 1.54) is 128 Å². The molecule has 0 aliphatic carbocycles. The summed E-state index contributed by atoms with van der Waals surface area (Å²) < 4.78 is 34.0. The average molecular weight is 1040 g/mol. The SMILES string of the molecule is CCCCCCCCCCCCCCCCCCCCCCCCCCC(=O)NC(COC1OC(CO)C(OC2OC(CO)C(OC3OC(CO)C(O)C(O)C3O)C(O)C2O)C(O)C1O)C(O)CCCCC. The second kappa shape index (κ2) is 38.4. The molecule has 426 valence electrons. The molecule has 12 N–H and O–H groups in total. The average Bonchev–Trinajstić information content (AvgIpc) is 3.37. The molecule has 0 aromatic heterocycles. The summed E-state index contributed by atoms with van der Waals surface area (Å²) in [6.45, 7) is 1.61. The van der Waals surface area contributed by atoms with Gasteiger partial charge in [-0.1, -0.05) is 181 Å². The van der Waals surface area contributed by atoms with Crippen LogP contribution in [0.5, 0.6) is 0 Å². The van der Waals surface area contributed by atoms with E-state index in [-0.39, 0.29) is 18.9 Å². The Labute approximate surface area is 430 Å². The Balaban J connectivity index is 1.34. The molecule has 0 radical (unpaired) electrons. The third kappa shape index (κ3) is 23.2. The third-order valence-electron chi connectivity index (χ3n) is 14.7. The van der Waals surface area contributed by atoms with Crippen molar-refractivity contribution >= 4 is 5.91 Å². The molecule has 0 aromatic rings. The van der Waals surface area contributed by atoms with Crippen molar-refractivity contribution in [2.45, 2.75) is 304 Å². The summed E-state index contributed by atoms with van der Waals surface area (Å²) in [6.07, 6.45) is 7.68. The lowest BCUT2D eigenvalue weighted by atomic mass is 9.96. The fourth-order valence-corrected chi connectivity index (χ4v) is 9.96. The summed E-state index contributed by atoms with van der Waals surface area (Å²) >= 11 is 0. The number of nitrogens with one attached hydrogen (secondary N) is 1. The Morgan fingerprint density at radius 1 is 0.444 bits per heavy atom. The molecule has 3 aliphatic rings. The Morgan fingerprint density at radius 2 is 0.792 bits per heavy atom. The number of carbonyl (C=O) groups is 1. The molecule has 3 fully saturated rings. The zero-order valence-electron chi connectivity index (χ0n) is 43.9. The van der Waals surface area contributed by atoms with Crippen LogP contribution in [0.25, 0.3) is 0 Å². The van der Waals surface area contributed by atoms with E-state index in [1.807, 2.05) is 6.92 Å². The fraction of sp³-hybridized carbons (Fsp3) is 0.981. The van der Waals surface area contributed by atoms with E-state index in [9.17, 15) is 61.0 Å². The number of carbonyl (C=O) groups excluding carboxylic acids is 1. The molecule has 0 spiro atoms. The van der Waals surface area contributed by atoms with Gasteiger partial charge in [-0.05, 0) is 12.8 Å². The zero-order valence-corrected chi connectivity index (χ0v) is 43.9. The van der Waals surface area contributed by atoms with E-state index in [2.05, 4.69) is 12.2 Å². The predicted molar refractivity (Wildman–Crippen MR) is 268 cm³/mol. The Hall–Kier alpha value is -1.21. The lowest BCUT2D eigenvalue weighted by Gasteiger charge is -2.48. The quantitative estimate of drug-likeness (QED) is 0.0389. The molecule has 0 bridgehead atoms. The lowest BCUT2D eigenvalue weighted by Crippen LogP contribution is -2.66. The maximum Gasteiger partial charge on any atom is 0.220 e. The van der Waals surface area contributed by atoms with E-state index in [0.29, 0.717) is 19.3 Å². The zero-order chi connectivity index (χ0) is 52.7. The van der Waals surface area contributed by atoms with Crippen LogP contribution in [0.15, 0.2) is 0 Å². The number of ether oxygens (including phenoxy) is 6. The van der Waals surface area contributed by atoms with Gasteiger partial charge in [-0.2, -0.15) is 0 Å². The van der Waals surface area contributed by atoms with E-state index >= 15 is 0 Å². The van der Waals surface area contributed by atoms with Crippen LogP contribution in [-0.4, -0.2) is 193 Å². The van der Waals surface area contributed by atoms with Crippen molar-refractivity contribution in [3.63, 3.8) is 0 Å². The second-order valence-electron chi connectivity index (χ2n) is 20.8. The van der Waals surface area contributed by atoms with Gasteiger partial charge in [-0.15, -0.1) is 0 Å². The Morgan fingerprint density at radius 3 is 1.21 bits per heavy atom. The first kappa shape index (κ1) is 65.1. The summed E-state index contributed by atoms with van der Waals surface area (Å²) in [5.41, 5.74) is 0. The molecule has 0 aromatic carbocycles. The summed E-state index contributed by atoms with van der Waals surface area (Å²) in [7, 11) is 0. The molecule has 3 rings (SSSR count). The number of aliphatic hydroxyl groups is 11. The van der Waals surface area contributed by atoms with Crippen molar-refractivity contribution < 1.29 is 89.4 Å². The molecular weight excluding hydrogens is 939 g/mol. The van der Waals surface area contributed by atoms with Crippen molar-refractivity contribution in [3.05, 3.63) is 0 Å². The van der Waals surface area contributed by atoms with Gasteiger partial charge in [0, 0.05) is 6.42 Å². The van der Waals surface area contributed by atoms with E-state index in [0.717, 1.165) is 32.1 Å². The first-order chi connectivity index (χ1) is 34.8. The number of amides is 1. The van der Waals surface area contributed by atoms with Gasteiger partial charge in [-0.3, -0.25) is 4.79 Å². The van der Waals surface area contributed by atoms with Gasteiger partial charge in [0.2, 0.25) is 5.91 Å². The standard InChI is InChI=1S/C53H101NO18/c1-3-5-7-8-9-10-11-12-13-14-15-16-17-18-19-20-21-22-23-24-25-26-27-29-31-41(59)54-36(37(58)30-28-6-4-2)35-67-51-47(65)44(62)49(39(33-56)69-51)72-53-48(66)45(63)50(40(34-57)70-53)71-52-46(64)43(61)42(60)38(32-55)68-52/h36-40,42-53,55-58,60-66H,3-35H2,1-2H3,(H,54,59). The number of aliphatic hydroxyl groups excluding tert-OH is 11. The van der Waals surface area contributed by atoms with Gasteiger partial charge in [0.1, 0.15) is 73.2 Å². The first-order valence-electron chi connectivity index (χ1n) is 28.3. The van der Waals surface area contributed by atoms with Gasteiger partial charge >= 0.3 is 0 Å². The lowest BCUT2D eigenvalue weighted by molar-refractivity contribution is -0.379. The molecule has 19 nitrogen and oxygen atoms in total. The first-order valence-corrected chi connectivity index (χ1v) is 28.3. The van der Waals surface area contributed by atoms with Gasteiger partial charge in [0.15, 0.2) is 18.9 Å². The van der Waals surface area contributed by atoms with Crippen LogP contribution in [0.2, 0.25) is 0 Å². The summed E-state index contributed by atoms with van der Waals surface area (Å²) in [5.74, 6) is -0.251. The van der Waals surface area contributed by atoms with Crippen LogP contribution in [0.1, 0.15) is 200 Å². The highest BCUT2D eigenvalue weighted by Gasteiger charge is 2.53. The highest BCUT2D eigenvalue weighted by molar-refractivity contribution is 5.76. The molecule has 3 aliphatic heterocycles. The smallest absolute Gasteiger partial charge is 0.220 e. The van der Waals surface area contributed by atoms with Crippen molar-refractivity contribution in [1.29, 1.82) is 0 Å². The largest absolute Gasteiger partial charge is 0.394 e. The van der Waals surface area contributed by atoms with E-state index < -0.39 is 124 Å². The van der Waals surface area contributed by atoms with Crippen LogP contribution >= 0.6 is 0 Å². The number of hydrogen-bond donors (Lipinski definition) is 12. The van der Waals surface area contributed by atoms with Crippen molar-refractivity contribution in [2.75, 3.05) is 26.4 Å². The van der Waals surface area contributed by atoms with Crippen LogP contribution in [0.4, 0.5) is 0 Å². The minimum atomic E-state index is -1.97. The minimum Gasteiger partial charge on any atom is -0.394 e. The van der Waals surface area contributed by atoms with Gasteiger partial charge in [0.25, 0.3) is 0 Å². The minimum absolute atomic E-state index is 0.251. The maximum absolute atomic E-state index is 13.1. The molecule has 19 heteroatoms. The van der Waals surface area contributed by atoms with Crippen molar-refractivity contribution in [3.8, 4) is 0 Å². The van der Waals surface area contributed by atoms with Crippen LogP contribution in [0.3, 0.4) is 0 Å². The molecule has 72 heavy (non-hydrogen) atoms. The highest BCUT2D eigenvalue weighted by atomic mass is 16.8. The van der Waals surface area contributed by atoms with Crippen LogP contribution < -0.4 is 5.32 Å². The number of hydrogen-bond acceptors (Lipinski definition) is 18. The van der Waals surface area contributed by atoms with E-state index in [4.69, 9.17) is 28.4 Å². The highest BCUT2D eigenvalue weighted by Crippen LogP contribution is 2.33. The fourth-order valence-electron chi connectivity index (χ4n) is 9.96. The second-order valence-corrected chi connectivity index (χ2v) is 20.8. The topological polar surface area (TPSA) is 307 Å². The number of unbranched alkanes of at least 4 members (excludes halogenated alkanes) is 25. The molecule has 0 saturated carbocycles. The summed E-state index contributed by atoms with van der Waals surface area (Å²) in [5, 5.41) is 119.